The summed E-state index contributed by atoms with van der Waals surface area (Å²) in [5, 5.41) is 12.6. The number of nitrogens with zero attached hydrogens (tertiary/aromatic N) is 1. The number of hydrogen-bond acceptors (Lipinski definition) is 4. The molecular weight excluding hydrogens is 370 g/mol. The van der Waals surface area contributed by atoms with E-state index in [2.05, 4.69) is 11.9 Å². The van der Waals surface area contributed by atoms with E-state index in [0.29, 0.717) is 11.3 Å². The number of benzene rings is 2. The number of carbonyl (C=O) groups is 2. The number of phenols is 1. The molecule has 2 amide bonds. The SMILES string of the molecule is C=CC(=O)Nc1ccc(O)c(C(=O)N2CCOC(c3ccc(F)c(F)c3)C2)c1. The highest BCUT2D eigenvalue weighted by Gasteiger charge is 2.28. The fraction of sp³-hybridized carbons (Fsp3) is 0.200. The van der Waals surface area contributed by atoms with Crippen LogP contribution in [0.15, 0.2) is 49.1 Å². The first kappa shape index (κ1) is 19.5. The van der Waals surface area contributed by atoms with Crippen molar-refractivity contribution >= 4 is 17.5 Å². The number of aromatic hydroxyl groups is 1. The second kappa shape index (κ2) is 8.18. The van der Waals surface area contributed by atoms with Crippen molar-refractivity contribution in [1.82, 2.24) is 4.90 Å². The summed E-state index contributed by atoms with van der Waals surface area (Å²) >= 11 is 0. The Morgan fingerprint density at radius 2 is 2.00 bits per heavy atom. The topological polar surface area (TPSA) is 78.9 Å². The van der Waals surface area contributed by atoms with E-state index in [-0.39, 0.29) is 31.0 Å². The van der Waals surface area contributed by atoms with Gasteiger partial charge in [-0.1, -0.05) is 12.6 Å². The van der Waals surface area contributed by atoms with Gasteiger partial charge in [0, 0.05) is 12.2 Å². The van der Waals surface area contributed by atoms with Gasteiger partial charge in [0.15, 0.2) is 11.6 Å². The average molecular weight is 388 g/mol. The molecule has 2 N–H and O–H groups in total. The normalized spacial score (nSPS) is 16.5. The van der Waals surface area contributed by atoms with E-state index in [1.807, 2.05) is 0 Å². The zero-order valence-corrected chi connectivity index (χ0v) is 14.8. The Hall–Kier alpha value is -3.26. The fourth-order valence-electron chi connectivity index (χ4n) is 2.90. The number of anilines is 1. The van der Waals surface area contributed by atoms with Crippen molar-refractivity contribution in [2.45, 2.75) is 6.10 Å². The van der Waals surface area contributed by atoms with Crippen LogP contribution in [0.25, 0.3) is 0 Å². The number of halogens is 2. The molecule has 2 aromatic rings. The Labute approximate surface area is 160 Å². The number of rotatable bonds is 4. The molecule has 8 heteroatoms. The summed E-state index contributed by atoms with van der Waals surface area (Å²) in [5.41, 5.74) is 0.747. The Bertz CT molecular complexity index is 932. The van der Waals surface area contributed by atoms with Crippen molar-refractivity contribution in [3.8, 4) is 5.75 Å². The Morgan fingerprint density at radius 3 is 2.71 bits per heavy atom. The molecule has 0 radical (unpaired) electrons. The zero-order chi connectivity index (χ0) is 20.3. The largest absolute Gasteiger partial charge is 0.507 e. The van der Waals surface area contributed by atoms with Gasteiger partial charge in [-0.15, -0.1) is 0 Å². The number of amides is 2. The Morgan fingerprint density at radius 1 is 1.21 bits per heavy atom. The molecule has 0 bridgehead atoms. The molecule has 1 saturated heterocycles. The Kier molecular flexibility index (Phi) is 5.70. The minimum absolute atomic E-state index is 0.00722. The van der Waals surface area contributed by atoms with Gasteiger partial charge >= 0.3 is 0 Å². The van der Waals surface area contributed by atoms with Crippen LogP contribution in [0.5, 0.6) is 5.75 Å². The Balaban J connectivity index is 1.80. The van der Waals surface area contributed by atoms with Gasteiger partial charge in [0.25, 0.3) is 5.91 Å². The minimum Gasteiger partial charge on any atom is -0.507 e. The second-order valence-electron chi connectivity index (χ2n) is 6.21. The van der Waals surface area contributed by atoms with Crippen LogP contribution in [-0.4, -0.2) is 41.5 Å². The van der Waals surface area contributed by atoms with Crippen molar-refractivity contribution in [2.24, 2.45) is 0 Å². The molecule has 2 aromatic carbocycles. The monoisotopic (exact) mass is 388 g/mol. The highest BCUT2D eigenvalue weighted by Crippen LogP contribution is 2.28. The molecule has 1 aliphatic rings. The molecule has 28 heavy (non-hydrogen) atoms. The molecule has 6 nitrogen and oxygen atoms in total. The highest BCUT2D eigenvalue weighted by atomic mass is 19.2. The van der Waals surface area contributed by atoms with E-state index in [0.717, 1.165) is 18.2 Å². The lowest BCUT2D eigenvalue weighted by atomic mass is 10.1. The maximum Gasteiger partial charge on any atom is 0.257 e. The third kappa shape index (κ3) is 4.17. The van der Waals surface area contributed by atoms with Crippen LogP contribution in [0.1, 0.15) is 22.0 Å². The molecule has 0 aliphatic carbocycles. The van der Waals surface area contributed by atoms with Gasteiger partial charge in [0.2, 0.25) is 5.91 Å². The van der Waals surface area contributed by atoms with Gasteiger partial charge in [0.05, 0.1) is 18.7 Å². The summed E-state index contributed by atoms with van der Waals surface area (Å²) in [4.78, 5) is 25.8. The molecule has 0 aromatic heterocycles. The molecular formula is C20H18F2N2O4. The third-order valence-corrected chi connectivity index (χ3v) is 4.35. The van der Waals surface area contributed by atoms with Crippen LogP contribution >= 0.6 is 0 Å². The predicted molar refractivity (Wildman–Crippen MR) is 97.9 cm³/mol. The maximum atomic E-state index is 13.5. The molecule has 1 fully saturated rings. The van der Waals surface area contributed by atoms with Gasteiger partial charge in [-0.2, -0.15) is 0 Å². The summed E-state index contributed by atoms with van der Waals surface area (Å²) < 4.78 is 32.2. The molecule has 1 unspecified atom stereocenters. The molecule has 3 rings (SSSR count). The lowest BCUT2D eigenvalue weighted by molar-refractivity contribution is -0.111. The number of ether oxygens (including phenoxy) is 1. The lowest BCUT2D eigenvalue weighted by Gasteiger charge is -2.33. The van der Waals surface area contributed by atoms with Gasteiger partial charge in [-0.3, -0.25) is 9.59 Å². The molecule has 146 valence electrons. The zero-order valence-electron chi connectivity index (χ0n) is 14.8. The summed E-state index contributed by atoms with van der Waals surface area (Å²) in [7, 11) is 0. The van der Waals surface area contributed by atoms with Crippen LogP contribution in [-0.2, 0) is 9.53 Å². The molecule has 0 spiro atoms. The van der Waals surface area contributed by atoms with E-state index in [4.69, 9.17) is 4.74 Å². The van der Waals surface area contributed by atoms with E-state index < -0.39 is 29.6 Å². The van der Waals surface area contributed by atoms with Crippen molar-refractivity contribution in [3.63, 3.8) is 0 Å². The minimum atomic E-state index is -0.993. The first-order valence-electron chi connectivity index (χ1n) is 8.51. The summed E-state index contributed by atoms with van der Waals surface area (Å²) in [6.45, 7) is 3.92. The first-order chi connectivity index (χ1) is 13.4. The van der Waals surface area contributed by atoms with Crippen LogP contribution in [0.2, 0.25) is 0 Å². The summed E-state index contributed by atoms with van der Waals surface area (Å²) in [6, 6.07) is 7.57. The van der Waals surface area contributed by atoms with Gasteiger partial charge < -0.3 is 20.1 Å². The molecule has 0 saturated carbocycles. The van der Waals surface area contributed by atoms with Gasteiger partial charge in [-0.25, -0.2) is 8.78 Å². The number of carbonyl (C=O) groups excluding carboxylic acids is 2. The average Bonchev–Trinajstić information content (AvgIpc) is 2.71. The predicted octanol–water partition coefficient (Wildman–Crippen LogP) is 3.01. The second-order valence-corrected chi connectivity index (χ2v) is 6.21. The lowest BCUT2D eigenvalue weighted by Crippen LogP contribution is -2.42. The number of phenolic OH excluding ortho intramolecular Hbond substituents is 1. The number of hydrogen-bond donors (Lipinski definition) is 2. The van der Waals surface area contributed by atoms with E-state index >= 15 is 0 Å². The molecule has 1 heterocycles. The number of morpholine rings is 1. The summed E-state index contributed by atoms with van der Waals surface area (Å²) in [5.74, 6) is -3.11. The number of nitrogens with one attached hydrogen (secondary N) is 1. The smallest absolute Gasteiger partial charge is 0.257 e. The van der Waals surface area contributed by atoms with E-state index in [9.17, 15) is 23.5 Å². The van der Waals surface area contributed by atoms with Crippen LogP contribution in [0.3, 0.4) is 0 Å². The standard InChI is InChI=1S/C20H18F2N2O4/c1-2-19(26)23-13-4-6-17(25)14(10-13)20(27)24-7-8-28-18(11-24)12-3-5-15(21)16(22)9-12/h2-6,9-10,18,25H,1,7-8,11H2,(H,23,26). The van der Waals surface area contributed by atoms with Crippen molar-refractivity contribution in [2.75, 3.05) is 25.0 Å². The maximum absolute atomic E-state index is 13.5. The van der Waals surface area contributed by atoms with Gasteiger partial charge in [-0.05, 0) is 42.0 Å². The van der Waals surface area contributed by atoms with Crippen molar-refractivity contribution in [3.05, 3.63) is 71.8 Å². The highest BCUT2D eigenvalue weighted by molar-refractivity contribution is 6.02. The fourth-order valence-corrected chi connectivity index (χ4v) is 2.90. The van der Waals surface area contributed by atoms with Crippen molar-refractivity contribution in [1.29, 1.82) is 0 Å². The first-order valence-corrected chi connectivity index (χ1v) is 8.51. The third-order valence-electron chi connectivity index (χ3n) is 4.35. The van der Waals surface area contributed by atoms with E-state index in [1.54, 1.807) is 0 Å². The van der Waals surface area contributed by atoms with Crippen LogP contribution in [0.4, 0.5) is 14.5 Å². The summed E-state index contributed by atoms with van der Waals surface area (Å²) in [6.07, 6.45) is 0.460. The molecule has 1 aliphatic heterocycles. The van der Waals surface area contributed by atoms with Crippen molar-refractivity contribution < 1.29 is 28.2 Å². The van der Waals surface area contributed by atoms with Gasteiger partial charge in [0.1, 0.15) is 11.9 Å². The van der Waals surface area contributed by atoms with Crippen LogP contribution < -0.4 is 5.32 Å². The molecule has 1 atom stereocenters. The van der Waals surface area contributed by atoms with Crippen LogP contribution in [0, 0.1) is 11.6 Å². The van der Waals surface area contributed by atoms with E-state index in [1.165, 1.54) is 29.2 Å². The quantitative estimate of drug-likeness (QED) is 0.624.